The molecule has 0 aromatic heterocycles. The topological polar surface area (TPSA) is 52.7 Å². The molecule has 1 saturated heterocycles. The lowest BCUT2D eigenvalue weighted by Crippen LogP contribution is -2.44. The number of ketones is 1. The molecule has 5 heteroatoms. The molecule has 0 bridgehead atoms. The molecule has 1 amide bonds. The highest BCUT2D eigenvalue weighted by molar-refractivity contribution is 5.99. The Morgan fingerprint density at radius 1 is 1.18 bits per heavy atom. The Labute approximate surface area is 131 Å². The molecule has 0 saturated carbocycles. The van der Waals surface area contributed by atoms with Crippen molar-refractivity contribution < 1.29 is 9.59 Å². The number of carbonyl (C=O) groups excluding carboxylic acids is 2. The van der Waals surface area contributed by atoms with E-state index in [1.165, 1.54) is 0 Å². The third-order valence-corrected chi connectivity index (χ3v) is 4.54. The minimum Gasteiger partial charge on any atom is -0.314 e. The molecule has 118 valence electrons. The number of benzene rings is 1. The number of amides is 1. The number of rotatable bonds is 4. The van der Waals surface area contributed by atoms with Gasteiger partial charge in [0.15, 0.2) is 5.78 Å². The van der Waals surface area contributed by atoms with Crippen molar-refractivity contribution in [3.8, 4) is 0 Å². The fraction of sp³-hybridized carbons (Fsp3) is 0.529. The van der Waals surface area contributed by atoms with E-state index < -0.39 is 0 Å². The van der Waals surface area contributed by atoms with Crippen LogP contribution in [0.3, 0.4) is 0 Å². The molecule has 0 spiro atoms. The first kappa shape index (κ1) is 15.2. The summed E-state index contributed by atoms with van der Waals surface area (Å²) in [7, 11) is 0. The van der Waals surface area contributed by atoms with Crippen molar-refractivity contribution in [3.05, 3.63) is 29.3 Å². The zero-order valence-electron chi connectivity index (χ0n) is 13.1. The Balaban J connectivity index is 1.63. The molecule has 0 aliphatic carbocycles. The van der Waals surface area contributed by atoms with Crippen LogP contribution in [0.5, 0.6) is 0 Å². The minimum absolute atomic E-state index is 0.0662. The van der Waals surface area contributed by atoms with E-state index in [1.807, 2.05) is 18.2 Å². The van der Waals surface area contributed by atoms with Gasteiger partial charge in [-0.1, -0.05) is 0 Å². The summed E-state index contributed by atoms with van der Waals surface area (Å²) in [6.45, 7) is 7.19. The summed E-state index contributed by atoms with van der Waals surface area (Å²) in [5.74, 6) is 0.263. The molecule has 0 atom stereocenters. The van der Waals surface area contributed by atoms with Gasteiger partial charge in [-0.3, -0.25) is 9.59 Å². The number of carbonyl (C=O) groups is 2. The highest BCUT2D eigenvalue weighted by Gasteiger charge is 2.23. The highest BCUT2D eigenvalue weighted by Crippen LogP contribution is 2.29. The average Bonchev–Trinajstić information content (AvgIpc) is 2.97. The first-order valence-corrected chi connectivity index (χ1v) is 8.02. The van der Waals surface area contributed by atoms with Gasteiger partial charge in [-0.05, 0) is 30.2 Å². The van der Waals surface area contributed by atoms with Crippen LogP contribution in [0.4, 0.5) is 5.69 Å². The summed E-state index contributed by atoms with van der Waals surface area (Å²) in [5, 5.41) is 3.32. The third kappa shape index (κ3) is 3.20. The molecule has 0 radical (unpaired) electrons. The van der Waals surface area contributed by atoms with Crippen LogP contribution in [0.15, 0.2) is 18.2 Å². The molecule has 3 rings (SSSR count). The minimum atomic E-state index is 0.0662. The van der Waals surface area contributed by atoms with Crippen molar-refractivity contribution in [2.75, 3.05) is 44.2 Å². The van der Waals surface area contributed by atoms with Gasteiger partial charge >= 0.3 is 0 Å². The van der Waals surface area contributed by atoms with Gasteiger partial charge < -0.3 is 15.1 Å². The summed E-state index contributed by atoms with van der Waals surface area (Å²) in [5.41, 5.74) is 2.86. The van der Waals surface area contributed by atoms with E-state index in [1.54, 1.807) is 11.8 Å². The monoisotopic (exact) mass is 301 g/mol. The van der Waals surface area contributed by atoms with Crippen LogP contribution in [0.2, 0.25) is 0 Å². The Kier molecular flexibility index (Phi) is 4.55. The van der Waals surface area contributed by atoms with Crippen LogP contribution in [0.1, 0.15) is 29.3 Å². The molecule has 22 heavy (non-hydrogen) atoms. The fourth-order valence-corrected chi connectivity index (χ4v) is 3.24. The van der Waals surface area contributed by atoms with Crippen LogP contribution in [0.25, 0.3) is 0 Å². The molecule has 1 N–H and O–H groups in total. The van der Waals surface area contributed by atoms with E-state index in [9.17, 15) is 9.59 Å². The van der Waals surface area contributed by atoms with Gasteiger partial charge in [-0.25, -0.2) is 0 Å². The molecular formula is C17H23N3O2. The van der Waals surface area contributed by atoms with Crippen molar-refractivity contribution in [3.63, 3.8) is 0 Å². The summed E-state index contributed by atoms with van der Waals surface area (Å²) >= 11 is 0. The second-order valence-electron chi connectivity index (χ2n) is 6.03. The fourth-order valence-electron chi connectivity index (χ4n) is 3.24. The van der Waals surface area contributed by atoms with Gasteiger partial charge in [-0.15, -0.1) is 0 Å². The molecule has 1 aromatic rings. The molecule has 2 aliphatic heterocycles. The van der Waals surface area contributed by atoms with E-state index in [4.69, 9.17) is 0 Å². The largest absolute Gasteiger partial charge is 0.314 e. The lowest BCUT2D eigenvalue weighted by Gasteiger charge is -2.26. The number of nitrogens with one attached hydrogen (secondary N) is 1. The number of Topliss-reactive ketones (excluding diaryl/α,β-unsaturated/α-hetero) is 1. The van der Waals surface area contributed by atoms with Crippen LogP contribution < -0.4 is 10.2 Å². The van der Waals surface area contributed by atoms with Gasteiger partial charge in [0.1, 0.15) is 0 Å². The molecule has 1 aromatic carbocycles. The molecule has 2 heterocycles. The maximum Gasteiger partial charge on any atom is 0.223 e. The summed E-state index contributed by atoms with van der Waals surface area (Å²) < 4.78 is 0. The zero-order valence-corrected chi connectivity index (χ0v) is 13.1. The van der Waals surface area contributed by atoms with Crippen molar-refractivity contribution in [2.45, 2.75) is 19.8 Å². The smallest absolute Gasteiger partial charge is 0.223 e. The lowest BCUT2D eigenvalue weighted by atomic mass is 10.0. The third-order valence-electron chi connectivity index (χ3n) is 4.54. The molecular weight excluding hydrogens is 278 g/mol. The van der Waals surface area contributed by atoms with Crippen molar-refractivity contribution in [2.24, 2.45) is 0 Å². The molecule has 5 nitrogen and oxygen atoms in total. The number of piperazine rings is 1. The molecule has 1 fully saturated rings. The summed E-state index contributed by atoms with van der Waals surface area (Å²) in [4.78, 5) is 28.0. The normalized spacial score (nSPS) is 18.3. The standard InChI is InChI=1S/C17H23N3O2/c1-13(21)20-9-4-14-12-15(2-3-16(14)20)17(22)5-8-19-10-6-18-7-11-19/h2-3,12,18H,4-11H2,1H3. The predicted octanol–water partition coefficient (Wildman–Crippen LogP) is 1.07. The average molecular weight is 301 g/mol. The van der Waals surface area contributed by atoms with E-state index in [2.05, 4.69) is 10.2 Å². The van der Waals surface area contributed by atoms with Crippen LogP contribution in [-0.2, 0) is 11.2 Å². The Morgan fingerprint density at radius 3 is 2.68 bits per heavy atom. The van der Waals surface area contributed by atoms with Gasteiger partial charge in [0.25, 0.3) is 0 Å². The zero-order chi connectivity index (χ0) is 15.5. The molecule has 2 aliphatic rings. The van der Waals surface area contributed by atoms with E-state index in [0.29, 0.717) is 6.42 Å². The Hall–Kier alpha value is -1.72. The van der Waals surface area contributed by atoms with Gasteiger partial charge in [-0.2, -0.15) is 0 Å². The summed E-state index contributed by atoms with van der Waals surface area (Å²) in [6.07, 6.45) is 1.41. The maximum atomic E-state index is 12.4. The van der Waals surface area contributed by atoms with Crippen LogP contribution >= 0.6 is 0 Å². The quantitative estimate of drug-likeness (QED) is 0.845. The first-order valence-electron chi connectivity index (χ1n) is 8.02. The van der Waals surface area contributed by atoms with E-state index in [-0.39, 0.29) is 11.7 Å². The lowest BCUT2D eigenvalue weighted by molar-refractivity contribution is -0.116. The first-order chi connectivity index (χ1) is 10.6. The number of fused-ring (bicyclic) bond motifs is 1. The number of hydrogen-bond acceptors (Lipinski definition) is 4. The second kappa shape index (κ2) is 6.58. The maximum absolute atomic E-state index is 12.4. The highest BCUT2D eigenvalue weighted by atomic mass is 16.2. The van der Waals surface area contributed by atoms with Crippen LogP contribution in [-0.4, -0.2) is 55.9 Å². The molecule has 0 unspecified atom stereocenters. The van der Waals surface area contributed by atoms with Crippen molar-refractivity contribution in [1.29, 1.82) is 0 Å². The Morgan fingerprint density at radius 2 is 1.95 bits per heavy atom. The number of anilines is 1. The SMILES string of the molecule is CC(=O)N1CCc2cc(C(=O)CCN3CCNCC3)ccc21. The Bertz CT molecular complexity index is 579. The van der Waals surface area contributed by atoms with Gasteiger partial charge in [0.2, 0.25) is 5.91 Å². The number of hydrogen-bond donors (Lipinski definition) is 1. The van der Waals surface area contributed by atoms with Crippen molar-refractivity contribution in [1.82, 2.24) is 10.2 Å². The van der Waals surface area contributed by atoms with Gasteiger partial charge in [0.05, 0.1) is 0 Å². The number of nitrogens with zero attached hydrogens (tertiary/aromatic N) is 2. The predicted molar refractivity (Wildman–Crippen MR) is 86.4 cm³/mol. The van der Waals surface area contributed by atoms with Crippen molar-refractivity contribution >= 4 is 17.4 Å². The van der Waals surface area contributed by atoms with E-state index in [0.717, 1.165) is 62.5 Å². The second-order valence-corrected chi connectivity index (χ2v) is 6.03. The summed E-state index contributed by atoms with van der Waals surface area (Å²) in [6, 6.07) is 5.75. The van der Waals surface area contributed by atoms with Crippen LogP contribution in [0, 0.1) is 0 Å². The van der Waals surface area contributed by atoms with E-state index >= 15 is 0 Å². The van der Waals surface area contributed by atoms with Gasteiger partial charge in [0, 0.05) is 63.9 Å².